The van der Waals surface area contributed by atoms with Crippen LogP contribution in [0.5, 0.6) is 5.75 Å². The maximum absolute atomic E-state index is 5.71. The Kier molecular flexibility index (Phi) is 6.75. The first-order chi connectivity index (χ1) is 14.5. The smallest absolute Gasteiger partial charge is 0.159 e. The predicted octanol–water partition coefficient (Wildman–Crippen LogP) is 4.52. The molecule has 0 amide bonds. The quantitative estimate of drug-likeness (QED) is 0.439. The van der Waals surface area contributed by atoms with Crippen molar-refractivity contribution in [3.8, 4) is 22.7 Å². The first-order valence-electron chi connectivity index (χ1n) is 10.5. The Morgan fingerprint density at radius 1 is 1.16 bits per heavy atom. The van der Waals surface area contributed by atoms with E-state index in [0.717, 1.165) is 51.7 Å². The molecule has 0 saturated heterocycles. The molecule has 4 aromatic rings. The standard InChI is InChI=1S/C24H29N5O.H2O/c1-6-8-16(2)14-28-15-17(3)22-24(28)26-18(4)23(27-22)20-10-9-19(13-21(20)30-5)29-12-7-11-25-29;/h7,9-13,15-16H,6,8,14H2,1-5H3;1H2. The molecule has 4 rings (SSSR count). The van der Waals surface area contributed by atoms with Gasteiger partial charge in [-0.25, -0.2) is 14.6 Å². The van der Waals surface area contributed by atoms with E-state index in [1.54, 1.807) is 13.3 Å². The van der Waals surface area contributed by atoms with Gasteiger partial charge < -0.3 is 14.8 Å². The fourth-order valence-electron chi connectivity index (χ4n) is 4.08. The van der Waals surface area contributed by atoms with Gasteiger partial charge in [0, 0.05) is 36.8 Å². The van der Waals surface area contributed by atoms with Gasteiger partial charge in [0.05, 0.1) is 24.2 Å². The van der Waals surface area contributed by atoms with Crippen LogP contribution >= 0.6 is 0 Å². The van der Waals surface area contributed by atoms with Gasteiger partial charge >= 0.3 is 0 Å². The largest absolute Gasteiger partial charge is 0.496 e. The molecule has 2 N–H and O–H groups in total. The molecular weight excluding hydrogens is 390 g/mol. The van der Waals surface area contributed by atoms with Crippen molar-refractivity contribution in [1.29, 1.82) is 0 Å². The zero-order valence-corrected chi connectivity index (χ0v) is 18.9. The van der Waals surface area contributed by atoms with Crippen molar-refractivity contribution in [1.82, 2.24) is 24.3 Å². The lowest BCUT2D eigenvalue weighted by Crippen LogP contribution is -2.08. The van der Waals surface area contributed by atoms with Crippen molar-refractivity contribution in [3.05, 3.63) is 54.1 Å². The van der Waals surface area contributed by atoms with Gasteiger partial charge in [0.25, 0.3) is 0 Å². The molecule has 0 fully saturated rings. The molecule has 1 aromatic carbocycles. The van der Waals surface area contributed by atoms with Crippen molar-refractivity contribution >= 4 is 11.2 Å². The summed E-state index contributed by atoms with van der Waals surface area (Å²) in [6.45, 7) is 9.62. The summed E-state index contributed by atoms with van der Waals surface area (Å²) in [6, 6.07) is 7.95. The molecule has 1 unspecified atom stereocenters. The van der Waals surface area contributed by atoms with Gasteiger partial charge in [0.2, 0.25) is 0 Å². The van der Waals surface area contributed by atoms with E-state index >= 15 is 0 Å². The Hall–Kier alpha value is -3.19. The third-order valence-corrected chi connectivity index (χ3v) is 5.55. The summed E-state index contributed by atoms with van der Waals surface area (Å²) in [5, 5.41) is 4.30. The minimum Gasteiger partial charge on any atom is -0.496 e. The fraction of sp³-hybridized carbons (Fsp3) is 0.375. The molecule has 3 heterocycles. The molecule has 164 valence electrons. The second kappa shape index (κ2) is 9.31. The summed E-state index contributed by atoms with van der Waals surface area (Å²) in [4.78, 5) is 9.99. The van der Waals surface area contributed by atoms with Gasteiger partial charge in [-0.15, -0.1) is 0 Å². The van der Waals surface area contributed by atoms with Crippen LogP contribution in [0.2, 0.25) is 0 Å². The van der Waals surface area contributed by atoms with Crippen LogP contribution in [-0.2, 0) is 6.54 Å². The van der Waals surface area contributed by atoms with Gasteiger partial charge in [-0.2, -0.15) is 5.10 Å². The van der Waals surface area contributed by atoms with E-state index in [4.69, 9.17) is 14.7 Å². The zero-order valence-electron chi connectivity index (χ0n) is 18.9. The summed E-state index contributed by atoms with van der Waals surface area (Å²) in [7, 11) is 1.68. The molecule has 0 saturated carbocycles. The average molecular weight is 422 g/mol. The predicted molar refractivity (Wildman–Crippen MR) is 124 cm³/mol. The lowest BCUT2D eigenvalue weighted by Gasteiger charge is -2.14. The number of hydrogen-bond acceptors (Lipinski definition) is 4. The van der Waals surface area contributed by atoms with E-state index in [0.29, 0.717) is 5.92 Å². The Morgan fingerprint density at radius 2 is 1.97 bits per heavy atom. The monoisotopic (exact) mass is 421 g/mol. The van der Waals surface area contributed by atoms with Gasteiger partial charge in [0.1, 0.15) is 11.3 Å². The summed E-state index contributed by atoms with van der Waals surface area (Å²) >= 11 is 0. The van der Waals surface area contributed by atoms with Crippen LogP contribution in [0.15, 0.2) is 42.9 Å². The second-order valence-corrected chi connectivity index (χ2v) is 8.02. The van der Waals surface area contributed by atoms with Crippen LogP contribution in [0.4, 0.5) is 0 Å². The molecule has 3 aromatic heterocycles. The molecular formula is C24H31N5O2. The van der Waals surface area contributed by atoms with E-state index in [1.807, 2.05) is 42.1 Å². The van der Waals surface area contributed by atoms with Gasteiger partial charge in [-0.3, -0.25) is 0 Å². The third-order valence-electron chi connectivity index (χ3n) is 5.55. The van der Waals surface area contributed by atoms with Crippen LogP contribution in [0.3, 0.4) is 0 Å². The highest BCUT2D eigenvalue weighted by Crippen LogP contribution is 2.34. The van der Waals surface area contributed by atoms with Crippen LogP contribution in [0.25, 0.3) is 28.1 Å². The molecule has 0 aliphatic carbocycles. The Morgan fingerprint density at radius 3 is 2.65 bits per heavy atom. The van der Waals surface area contributed by atoms with Crippen LogP contribution in [0, 0.1) is 19.8 Å². The van der Waals surface area contributed by atoms with E-state index in [9.17, 15) is 0 Å². The molecule has 0 bridgehead atoms. The molecule has 0 aliphatic rings. The van der Waals surface area contributed by atoms with Crippen LogP contribution in [-0.4, -0.2) is 36.9 Å². The van der Waals surface area contributed by atoms with Crippen molar-refractivity contribution < 1.29 is 10.2 Å². The van der Waals surface area contributed by atoms with E-state index < -0.39 is 0 Å². The third kappa shape index (κ3) is 4.32. The highest BCUT2D eigenvalue weighted by Gasteiger charge is 2.18. The number of nitrogens with zero attached hydrogens (tertiary/aromatic N) is 5. The number of aromatic nitrogens is 5. The topological polar surface area (TPSA) is 89.3 Å². The molecule has 31 heavy (non-hydrogen) atoms. The Bertz CT molecular complexity index is 1160. The highest BCUT2D eigenvalue weighted by atomic mass is 16.5. The van der Waals surface area contributed by atoms with Gasteiger partial charge in [-0.1, -0.05) is 20.3 Å². The average Bonchev–Trinajstić information content (AvgIpc) is 3.36. The number of benzene rings is 1. The number of rotatable bonds is 7. The first kappa shape index (κ1) is 22.5. The lowest BCUT2D eigenvalue weighted by molar-refractivity contribution is 0.416. The van der Waals surface area contributed by atoms with E-state index in [2.05, 4.69) is 36.6 Å². The fourth-order valence-corrected chi connectivity index (χ4v) is 4.08. The Labute approximate surface area is 183 Å². The van der Waals surface area contributed by atoms with Crippen molar-refractivity contribution in [2.45, 2.75) is 47.1 Å². The highest BCUT2D eigenvalue weighted by molar-refractivity contribution is 5.81. The molecule has 7 nitrogen and oxygen atoms in total. The minimum atomic E-state index is 0. The zero-order chi connectivity index (χ0) is 21.3. The molecule has 0 aliphatic heterocycles. The van der Waals surface area contributed by atoms with Crippen molar-refractivity contribution in [3.63, 3.8) is 0 Å². The van der Waals surface area contributed by atoms with Crippen molar-refractivity contribution in [2.24, 2.45) is 5.92 Å². The molecule has 0 spiro atoms. The minimum absolute atomic E-state index is 0. The van der Waals surface area contributed by atoms with Crippen molar-refractivity contribution in [2.75, 3.05) is 7.11 Å². The van der Waals surface area contributed by atoms with Gasteiger partial charge in [0.15, 0.2) is 5.65 Å². The number of ether oxygens (including phenoxy) is 1. The summed E-state index contributed by atoms with van der Waals surface area (Å²) in [5.74, 6) is 1.37. The normalized spacial score (nSPS) is 12.0. The summed E-state index contributed by atoms with van der Waals surface area (Å²) < 4.78 is 9.78. The first-order valence-corrected chi connectivity index (χ1v) is 10.5. The second-order valence-electron chi connectivity index (χ2n) is 8.02. The molecule has 7 heteroatoms. The summed E-state index contributed by atoms with van der Waals surface area (Å²) in [5.41, 5.74) is 6.70. The molecule has 0 radical (unpaired) electrons. The number of hydrogen-bond donors (Lipinski definition) is 0. The van der Waals surface area contributed by atoms with E-state index in [1.165, 1.54) is 12.8 Å². The van der Waals surface area contributed by atoms with E-state index in [-0.39, 0.29) is 5.48 Å². The summed E-state index contributed by atoms with van der Waals surface area (Å²) in [6.07, 6.45) is 8.26. The van der Waals surface area contributed by atoms with Crippen LogP contribution in [0.1, 0.15) is 37.9 Å². The van der Waals surface area contributed by atoms with Gasteiger partial charge in [-0.05, 0) is 49.9 Å². The van der Waals surface area contributed by atoms with Crippen LogP contribution < -0.4 is 4.74 Å². The molecule has 1 atom stereocenters. The number of methoxy groups -OCH3 is 1. The Balaban J connectivity index is 0.00000272. The lowest BCUT2D eigenvalue weighted by atomic mass is 10.1. The number of aryl methyl sites for hydroxylation is 2. The maximum Gasteiger partial charge on any atom is 0.159 e. The number of fused-ring (bicyclic) bond motifs is 1. The maximum atomic E-state index is 5.71. The SMILES string of the molecule is CCCC(C)Cn1cc(C)c2nc(-c3ccc(-n4cccn4)cc3OC)c(C)nc21.O.